The van der Waals surface area contributed by atoms with Gasteiger partial charge < -0.3 is 19.4 Å². The molecule has 1 unspecified atom stereocenters. The number of amidine groups is 1. The second kappa shape index (κ2) is 7.28. The summed E-state index contributed by atoms with van der Waals surface area (Å²) in [5.74, 6) is -2.31. The van der Waals surface area contributed by atoms with Gasteiger partial charge in [-0.3, -0.25) is 9.97 Å². The molecule has 2 N–H and O–H groups in total. The first-order chi connectivity index (χ1) is 16.0. The van der Waals surface area contributed by atoms with Crippen molar-refractivity contribution in [3.05, 3.63) is 65.9 Å². The third-order valence-electron chi connectivity index (χ3n) is 5.18. The number of halogens is 4. The molecule has 2 aliphatic rings. The highest BCUT2D eigenvalue weighted by Gasteiger charge is 2.51. The number of aliphatic imine (C=N–C) groups is 1. The van der Waals surface area contributed by atoms with Gasteiger partial charge in [-0.05, 0) is 24.3 Å². The van der Waals surface area contributed by atoms with Gasteiger partial charge in [0.05, 0.1) is 11.9 Å². The van der Waals surface area contributed by atoms with Gasteiger partial charge in [0, 0.05) is 35.2 Å². The van der Waals surface area contributed by atoms with Crippen LogP contribution in [0.2, 0.25) is 0 Å². The summed E-state index contributed by atoms with van der Waals surface area (Å²) >= 11 is 0. The molecule has 5 rings (SSSR count). The summed E-state index contributed by atoms with van der Waals surface area (Å²) in [5.41, 5.74) is -0.286. The van der Waals surface area contributed by atoms with E-state index in [-0.39, 0.29) is 23.9 Å². The molecule has 1 spiro atoms. The van der Waals surface area contributed by atoms with Gasteiger partial charge in [0.25, 0.3) is 6.02 Å². The largest absolute Gasteiger partial charge is 0.534 e. The molecule has 34 heavy (non-hydrogen) atoms. The third kappa shape index (κ3) is 3.37. The highest BCUT2D eigenvalue weighted by molar-refractivity contribution is 7.88. The smallest absolute Gasteiger partial charge is 0.462 e. The maximum atomic E-state index is 15.0. The van der Waals surface area contributed by atoms with Crippen LogP contribution in [0.25, 0.3) is 11.3 Å². The normalized spacial score (nSPS) is 19.0. The Balaban J connectivity index is 1.70. The summed E-state index contributed by atoms with van der Waals surface area (Å²) in [4.78, 5) is 12.5. The summed E-state index contributed by atoms with van der Waals surface area (Å²) in [7, 11) is -6.06. The molecule has 0 amide bonds. The first kappa shape index (κ1) is 21.9. The summed E-state index contributed by atoms with van der Waals surface area (Å²) in [6.45, 7) is -0.263. The maximum Gasteiger partial charge on any atom is 0.534 e. The quantitative estimate of drug-likeness (QED) is 0.333. The topological polar surface area (TPSA) is 126 Å². The Labute approximate surface area is 189 Å². The van der Waals surface area contributed by atoms with Crippen molar-refractivity contribution in [2.24, 2.45) is 10.7 Å². The molecule has 9 nitrogen and oxygen atoms in total. The van der Waals surface area contributed by atoms with E-state index in [2.05, 4.69) is 19.1 Å². The van der Waals surface area contributed by atoms with Gasteiger partial charge >= 0.3 is 15.6 Å². The minimum absolute atomic E-state index is 0.135. The summed E-state index contributed by atoms with van der Waals surface area (Å²) in [6.07, 6.45) is 4.46. The predicted octanol–water partition coefficient (Wildman–Crippen LogP) is 3.21. The van der Waals surface area contributed by atoms with E-state index < -0.39 is 38.5 Å². The number of hydrogen-bond donors (Lipinski definition) is 1. The van der Waals surface area contributed by atoms with Crippen molar-refractivity contribution in [2.45, 2.75) is 11.0 Å². The van der Waals surface area contributed by atoms with Crippen LogP contribution < -0.4 is 14.7 Å². The zero-order chi connectivity index (χ0) is 24.3. The molecule has 1 aromatic heterocycles. The molecular formula is C20H12F4N4O5S. The monoisotopic (exact) mass is 496 g/mol. The lowest BCUT2D eigenvalue weighted by molar-refractivity contribution is -0.0500. The van der Waals surface area contributed by atoms with Crippen LogP contribution in [0.15, 0.2) is 53.9 Å². The number of rotatable bonds is 3. The van der Waals surface area contributed by atoms with Crippen LogP contribution >= 0.6 is 0 Å². The van der Waals surface area contributed by atoms with Crippen LogP contribution in [0.5, 0.6) is 17.2 Å². The molecule has 2 aromatic carbocycles. The second-order valence-corrected chi connectivity index (χ2v) is 8.81. The molecule has 3 aromatic rings. The molecule has 0 saturated heterocycles. The zero-order valence-corrected chi connectivity index (χ0v) is 17.5. The molecule has 0 fully saturated rings. The van der Waals surface area contributed by atoms with E-state index in [1.165, 1.54) is 24.7 Å². The third-order valence-corrected chi connectivity index (χ3v) is 6.16. The number of alkyl halides is 3. The molecule has 3 heterocycles. The Bertz CT molecular complexity index is 1450. The predicted molar refractivity (Wildman–Crippen MR) is 108 cm³/mol. The van der Waals surface area contributed by atoms with Crippen LogP contribution in [0.1, 0.15) is 11.1 Å². The summed E-state index contributed by atoms with van der Waals surface area (Å²) in [5, 5.41) is 0. The minimum Gasteiger partial charge on any atom is -0.462 e. The SMILES string of the molecule is NC1=NC2(CO1)c1cc(-c3cnccn3)ccc1Oc1c(F)cc(OS(=O)(=O)C(F)(F)F)cc12. The van der Waals surface area contributed by atoms with Crippen molar-refractivity contribution < 1.29 is 39.6 Å². The minimum atomic E-state index is -6.06. The number of aromatic nitrogens is 2. The molecular weight excluding hydrogens is 484 g/mol. The average molecular weight is 496 g/mol. The first-order valence-electron chi connectivity index (χ1n) is 9.42. The van der Waals surface area contributed by atoms with E-state index >= 15 is 0 Å². The molecule has 14 heteroatoms. The number of fused-ring (bicyclic) bond motifs is 4. The van der Waals surface area contributed by atoms with Crippen molar-refractivity contribution in [1.82, 2.24) is 9.97 Å². The standard InChI is InChI=1S/C20H12F4N4O5S/c21-14-7-11(33-34(29,30)20(22,23)24)6-13-17(14)32-16-2-1-10(15-8-26-3-4-27-15)5-12(16)19(13)9-31-18(25)28-19/h1-8H,9H2,(H2,25,28). The van der Waals surface area contributed by atoms with Gasteiger partial charge in [0.15, 0.2) is 17.1 Å². The van der Waals surface area contributed by atoms with E-state index in [4.69, 9.17) is 15.2 Å². The van der Waals surface area contributed by atoms with Crippen LogP contribution in [-0.2, 0) is 20.4 Å². The van der Waals surface area contributed by atoms with Crippen LogP contribution in [0.3, 0.4) is 0 Å². The van der Waals surface area contributed by atoms with E-state index in [1.54, 1.807) is 12.1 Å². The fourth-order valence-electron chi connectivity index (χ4n) is 3.71. The van der Waals surface area contributed by atoms with Crippen LogP contribution in [0.4, 0.5) is 17.6 Å². The second-order valence-electron chi connectivity index (χ2n) is 7.27. The molecule has 0 radical (unpaired) electrons. The van der Waals surface area contributed by atoms with Gasteiger partial charge in [-0.25, -0.2) is 9.38 Å². The Morgan fingerprint density at radius 3 is 2.56 bits per heavy atom. The Hall–Kier alpha value is -3.94. The van der Waals surface area contributed by atoms with Gasteiger partial charge in [-0.1, -0.05) is 0 Å². The summed E-state index contributed by atoms with van der Waals surface area (Å²) in [6, 6.07) is 5.90. The lowest BCUT2D eigenvalue weighted by atomic mass is 9.80. The molecule has 0 saturated carbocycles. The van der Waals surface area contributed by atoms with Crippen molar-refractivity contribution in [3.63, 3.8) is 0 Å². The molecule has 0 bridgehead atoms. The lowest BCUT2D eigenvalue weighted by Crippen LogP contribution is -2.32. The van der Waals surface area contributed by atoms with E-state index in [1.807, 2.05) is 0 Å². The van der Waals surface area contributed by atoms with Crippen molar-refractivity contribution in [1.29, 1.82) is 0 Å². The molecule has 1 atom stereocenters. The summed E-state index contributed by atoms with van der Waals surface area (Å²) < 4.78 is 91.5. The average Bonchev–Trinajstić information content (AvgIpc) is 3.16. The molecule has 2 aliphatic heterocycles. The van der Waals surface area contributed by atoms with Crippen molar-refractivity contribution in [3.8, 4) is 28.5 Å². The van der Waals surface area contributed by atoms with Gasteiger partial charge in [0.1, 0.15) is 18.1 Å². The molecule has 176 valence electrons. The number of nitrogens with zero attached hydrogens (tertiary/aromatic N) is 3. The Morgan fingerprint density at radius 2 is 1.91 bits per heavy atom. The van der Waals surface area contributed by atoms with E-state index in [0.717, 1.165) is 6.07 Å². The van der Waals surface area contributed by atoms with Crippen molar-refractivity contribution >= 4 is 16.1 Å². The maximum absolute atomic E-state index is 15.0. The van der Waals surface area contributed by atoms with Gasteiger partial charge in [-0.15, -0.1) is 0 Å². The fourth-order valence-corrected chi connectivity index (χ4v) is 4.16. The number of ether oxygens (including phenoxy) is 2. The first-order valence-corrected chi connectivity index (χ1v) is 10.8. The van der Waals surface area contributed by atoms with Gasteiger partial charge in [0.2, 0.25) is 0 Å². The zero-order valence-electron chi connectivity index (χ0n) is 16.7. The highest BCUT2D eigenvalue weighted by atomic mass is 32.2. The van der Waals surface area contributed by atoms with Crippen LogP contribution in [-0.4, -0.2) is 36.5 Å². The van der Waals surface area contributed by atoms with E-state index in [9.17, 15) is 26.0 Å². The fraction of sp³-hybridized carbons (Fsp3) is 0.150. The van der Waals surface area contributed by atoms with Gasteiger partial charge in [-0.2, -0.15) is 21.6 Å². The molecule has 0 aliphatic carbocycles. The number of hydrogen-bond acceptors (Lipinski definition) is 9. The Morgan fingerprint density at radius 1 is 1.12 bits per heavy atom. The van der Waals surface area contributed by atoms with Crippen molar-refractivity contribution in [2.75, 3.05) is 6.61 Å². The van der Waals surface area contributed by atoms with Crippen LogP contribution in [0, 0.1) is 5.82 Å². The number of benzene rings is 2. The highest BCUT2D eigenvalue weighted by Crippen LogP contribution is 2.53. The Kier molecular flexibility index (Phi) is 4.69. The lowest BCUT2D eigenvalue weighted by Gasteiger charge is -2.34. The number of nitrogens with two attached hydrogens (primary N) is 1. The van der Waals surface area contributed by atoms with E-state index in [0.29, 0.717) is 22.9 Å².